The summed E-state index contributed by atoms with van der Waals surface area (Å²) in [5.41, 5.74) is 6.04. The first-order chi connectivity index (χ1) is 9.04. The molecule has 0 radical (unpaired) electrons. The lowest BCUT2D eigenvalue weighted by molar-refractivity contribution is 0.682. The zero-order chi connectivity index (χ0) is 13.8. The van der Waals surface area contributed by atoms with Crippen molar-refractivity contribution in [3.8, 4) is 0 Å². The second-order valence-electron chi connectivity index (χ2n) is 5.14. The molecule has 0 spiro atoms. The number of hydrogen-bond acceptors (Lipinski definition) is 1. The van der Waals surface area contributed by atoms with Crippen LogP contribution in [-0.4, -0.2) is 4.21 Å². The number of aryl methyl sites for hydroxylation is 3. The summed E-state index contributed by atoms with van der Waals surface area (Å²) in [7, 11) is -0.847. The molecule has 2 heteroatoms. The quantitative estimate of drug-likeness (QED) is 0.820. The molecule has 2 rings (SSSR count). The molecule has 0 unspecified atom stereocenters. The van der Waals surface area contributed by atoms with Crippen molar-refractivity contribution in [2.45, 2.75) is 32.3 Å². The summed E-state index contributed by atoms with van der Waals surface area (Å²) >= 11 is 0. The molecule has 0 aliphatic rings. The van der Waals surface area contributed by atoms with E-state index in [1.54, 1.807) is 0 Å². The second kappa shape index (κ2) is 6.16. The van der Waals surface area contributed by atoms with Crippen molar-refractivity contribution in [1.29, 1.82) is 0 Å². The molecular formula is C17H20OS. The average Bonchev–Trinajstić information content (AvgIpc) is 2.37. The van der Waals surface area contributed by atoms with Crippen molar-refractivity contribution in [3.05, 3.63) is 70.3 Å². The first-order valence-electron chi connectivity index (χ1n) is 6.51. The van der Waals surface area contributed by atoms with Crippen molar-refractivity contribution in [2.75, 3.05) is 0 Å². The van der Waals surface area contributed by atoms with Gasteiger partial charge < -0.3 is 0 Å². The Bertz CT molecular complexity index is 585. The summed E-state index contributed by atoms with van der Waals surface area (Å²) in [5.74, 6) is 1.27. The number of rotatable bonds is 4. The Kier molecular flexibility index (Phi) is 4.54. The van der Waals surface area contributed by atoms with Crippen LogP contribution in [0, 0.1) is 20.8 Å². The van der Waals surface area contributed by atoms with Gasteiger partial charge in [-0.2, -0.15) is 0 Å². The Morgan fingerprint density at radius 2 is 1.47 bits per heavy atom. The molecule has 0 aliphatic carbocycles. The Morgan fingerprint density at radius 3 is 2.16 bits per heavy atom. The zero-order valence-electron chi connectivity index (χ0n) is 11.8. The lowest BCUT2D eigenvalue weighted by Crippen LogP contribution is -2.01. The third kappa shape index (κ3) is 4.03. The summed E-state index contributed by atoms with van der Waals surface area (Å²) in [5, 5.41) is 0. The molecule has 1 nitrogen and oxygen atoms in total. The zero-order valence-corrected chi connectivity index (χ0v) is 12.6. The van der Waals surface area contributed by atoms with Crippen LogP contribution in [0.4, 0.5) is 0 Å². The van der Waals surface area contributed by atoms with Gasteiger partial charge in [-0.25, -0.2) is 0 Å². The molecular weight excluding hydrogens is 252 g/mol. The van der Waals surface area contributed by atoms with E-state index < -0.39 is 10.8 Å². The van der Waals surface area contributed by atoms with Gasteiger partial charge in [0.05, 0.1) is 0 Å². The molecule has 0 aliphatic heterocycles. The monoisotopic (exact) mass is 272 g/mol. The summed E-state index contributed by atoms with van der Waals surface area (Å²) in [6.07, 6.45) is 0. The van der Waals surface area contributed by atoms with Gasteiger partial charge in [-0.05, 0) is 37.5 Å². The van der Waals surface area contributed by atoms with Crippen molar-refractivity contribution in [1.82, 2.24) is 0 Å². The lowest BCUT2D eigenvalue weighted by Gasteiger charge is -2.07. The normalized spacial score (nSPS) is 12.4. The van der Waals surface area contributed by atoms with Crippen molar-refractivity contribution < 1.29 is 4.21 Å². The SMILES string of the molecule is Cc1ccc(C[S@@](=O)Cc2cc(C)ccc2C)cc1. The van der Waals surface area contributed by atoms with Gasteiger partial charge >= 0.3 is 0 Å². The van der Waals surface area contributed by atoms with Gasteiger partial charge in [0, 0.05) is 22.3 Å². The van der Waals surface area contributed by atoms with E-state index in [0.717, 1.165) is 5.56 Å². The van der Waals surface area contributed by atoms with Crippen LogP contribution < -0.4 is 0 Å². The van der Waals surface area contributed by atoms with E-state index in [0.29, 0.717) is 11.5 Å². The molecule has 0 N–H and O–H groups in total. The van der Waals surface area contributed by atoms with Crippen molar-refractivity contribution >= 4 is 10.8 Å². The van der Waals surface area contributed by atoms with E-state index in [9.17, 15) is 4.21 Å². The highest BCUT2D eigenvalue weighted by molar-refractivity contribution is 7.83. The maximum Gasteiger partial charge on any atom is 0.0491 e. The molecule has 2 aromatic carbocycles. The summed E-state index contributed by atoms with van der Waals surface area (Å²) in [6.45, 7) is 6.22. The van der Waals surface area contributed by atoms with E-state index in [4.69, 9.17) is 0 Å². The smallest absolute Gasteiger partial charge is 0.0491 e. The Labute approximate surface area is 118 Å². The molecule has 0 bridgehead atoms. The van der Waals surface area contributed by atoms with Gasteiger partial charge in [0.1, 0.15) is 0 Å². The Balaban J connectivity index is 2.05. The maximum atomic E-state index is 12.2. The van der Waals surface area contributed by atoms with Crippen LogP contribution in [0.15, 0.2) is 42.5 Å². The Hall–Kier alpha value is -1.41. The fraction of sp³-hybridized carbons (Fsp3) is 0.294. The predicted octanol–water partition coefficient (Wildman–Crippen LogP) is 4.06. The van der Waals surface area contributed by atoms with Gasteiger partial charge in [-0.1, -0.05) is 53.6 Å². The van der Waals surface area contributed by atoms with Crippen LogP contribution in [0.3, 0.4) is 0 Å². The molecule has 1 atom stereocenters. The third-order valence-electron chi connectivity index (χ3n) is 3.27. The molecule has 19 heavy (non-hydrogen) atoms. The minimum atomic E-state index is -0.847. The first-order valence-corrected chi connectivity index (χ1v) is 8.00. The largest absolute Gasteiger partial charge is 0.259 e. The van der Waals surface area contributed by atoms with Gasteiger partial charge in [-0.15, -0.1) is 0 Å². The second-order valence-corrected chi connectivity index (χ2v) is 6.60. The van der Waals surface area contributed by atoms with Gasteiger partial charge in [-0.3, -0.25) is 4.21 Å². The molecule has 0 amide bonds. The lowest BCUT2D eigenvalue weighted by atomic mass is 10.1. The molecule has 0 saturated carbocycles. The van der Waals surface area contributed by atoms with E-state index in [1.807, 2.05) is 0 Å². The standard InChI is InChI=1S/C17H20OS/c1-13-5-8-16(9-6-13)11-19(18)12-17-10-14(2)4-7-15(17)3/h4-10H,11-12H2,1-3H3/t19-/m1/s1. The fourth-order valence-electron chi connectivity index (χ4n) is 2.05. The predicted molar refractivity (Wildman–Crippen MR) is 82.6 cm³/mol. The highest BCUT2D eigenvalue weighted by atomic mass is 32.2. The number of benzene rings is 2. The van der Waals surface area contributed by atoms with Gasteiger partial charge in [0.25, 0.3) is 0 Å². The van der Waals surface area contributed by atoms with E-state index >= 15 is 0 Å². The molecule has 0 fully saturated rings. The van der Waals surface area contributed by atoms with E-state index in [-0.39, 0.29) is 0 Å². The van der Waals surface area contributed by atoms with Crippen LogP contribution in [0.5, 0.6) is 0 Å². The minimum absolute atomic E-state index is 0.633. The van der Waals surface area contributed by atoms with Crippen molar-refractivity contribution in [3.63, 3.8) is 0 Å². The summed E-state index contributed by atoms with van der Waals surface area (Å²) in [4.78, 5) is 0. The van der Waals surface area contributed by atoms with E-state index in [2.05, 4.69) is 63.2 Å². The van der Waals surface area contributed by atoms with Gasteiger partial charge in [0.15, 0.2) is 0 Å². The highest BCUT2D eigenvalue weighted by Gasteiger charge is 2.06. The van der Waals surface area contributed by atoms with Crippen LogP contribution in [0.1, 0.15) is 27.8 Å². The van der Waals surface area contributed by atoms with Crippen molar-refractivity contribution in [2.24, 2.45) is 0 Å². The van der Waals surface area contributed by atoms with E-state index in [1.165, 1.54) is 22.3 Å². The van der Waals surface area contributed by atoms with Crippen LogP contribution in [-0.2, 0) is 22.3 Å². The molecule has 2 aromatic rings. The molecule has 0 heterocycles. The fourth-order valence-corrected chi connectivity index (χ4v) is 3.37. The van der Waals surface area contributed by atoms with Gasteiger partial charge in [0.2, 0.25) is 0 Å². The summed E-state index contributed by atoms with van der Waals surface area (Å²) < 4.78 is 12.2. The topological polar surface area (TPSA) is 17.1 Å². The van der Waals surface area contributed by atoms with Crippen LogP contribution in [0.25, 0.3) is 0 Å². The molecule has 0 aromatic heterocycles. The minimum Gasteiger partial charge on any atom is -0.259 e. The summed E-state index contributed by atoms with van der Waals surface area (Å²) in [6, 6.07) is 14.6. The maximum absolute atomic E-state index is 12.2. The number of hydrogen-bond donors (Lipinski definition) is 0. The average molecular weight is 272 g/mol. The molecule has 100 valence electrons. The third-order valence-corrected chi connectivity index (χ3v) is 4.56. The molecule has 0 saturated heterocycles. The highest BCUT2D eigenvalue weighted by Crippen LogP contribution is 2.15. The van der Waals surface area contributed by atoms with Crippen LogP contribution >= 0.6 is 0 Å². The van der Waals surface area contributed by atoms with Crippen LogP contribution in [0.2, 0.25) is 0 Å². The Morgan fingerprint density at radius 1 is 0.842 bits per heavy atom. The first kappa shape index (κ1) is 14.0.